The van der Waals surface area contributed by atoms with E-state index in [2.05, 4.69) is 19.7 Å². The third-order valence-corrected chi connectivity index (χ3v) is 4.98. The molecule has 0 bridgehead atoms. The van der Waals surface area contributed by atoms with Crippen LogP contribution in [-0.4, -0.2) is 20.1 Å². The van der Waals surface area contributed by atoms with Gasteiger partial charge < -0.3 is 0 Å². The average molecular weight is 243 g/mol. The fraction of sp³-hybridized carbons (Fsp3) is 0.455. The van der Waals surface area contributed by atoms with E-state index in [9.17, 15) is 5.11 Å². The molecule has 0 radical (unpaired) electrons. The standard InChI is InChI=1S/C11H16OSe/c1-11(2,13-3)10(12)9-7-5-4-6-8-9/h4-8,10,12H,1-3H3. The van der Waals surface area contributed by atoms with Crippen LogP contribution in [0.25, 0.3) is 0 Å². The first-order valence-electron chi connectivity index (χ1n) is 4.36. The molecule has 1 N–H and O–H groups in total. The minimum atomic E-state index is -0.335. The molecule has 0 amide bonds. The van der Waals surface area contributed by atoms with Crippen molar-refractivity contribution in [3.63, 3.8) is 0 Å². The Morgan fingerprint density at radius 3 is 2.23 bits per heavy atom. The molecule has 1 aromatic rings. The van der Waals surface area contributed by atoms with Crippen LogP contribution in [0.1, 0.15) is 25.5 Å². The molecule has 0 heterocycles. The van der Waals surface area contributed by atoms with E-state index < -0.39 is 0 Å². The van der Waals surface area contributed by atoms with Gasteiger partial charge in [-0.15, -0.1) is 0 Å². The van der Waals surface area contributed by atoms with E-state index in [0.29, 0.717) is 15.0 Å². The summed E-state index contributed by atoms with van der Waals surface area (Å²) in [6.07, 6.45) is -0.335. The van der Waals surface area contributed by atoms with Crippen molar-refractivity contribution in [2.45, 2.75) is 30.1 Å². The normalized spacial score (nSPS) is 14.2. The first-order valence-corrected chi connectivity index (χ1v) is 6.93. The van der Waals surface area contributed by atoms with Gasteiger partial charge in [-0.05, 0) is 0 Å². The van der Waals surface area contributed by atoms with E-state index in [0.717, 1.165) is 5.56 Å². The Bertz CT molecular complexity index is 256. The SMILES string of the molecule is C[Se]C(C)(C)C(O)c1ccccc1. The minimum absolute atomic E-state index is 0.0222. The summed E-state index contributed by atoms with van der Waals surface area (Å²) < 4.78 is 0.0222. The van der Waals surface area contributed by atoms with Gasteiger partial charge in [0.25, 0.3) is 0 Å². The van der Waals surface area contributed by atoms with Crippen LogP contribution in [0.2, 0.25) is 10.1 Å². The molecule has 1 unspecified atom stereocenters. The summed E-state index contributed by atoms with van der Waals surface area (Å²) >= 11 is 0.447. The number of hydrogen-bond donors (Lipinski definition) is 1. The van der Waals surface area contributed by atoms with Crippen molar-refractivity contribution in [2.24, 2.45) is 0 Å². The Hall–Kier alpha value is -0.301. The van der Waals surface area contributed by atoms with E-state index in [1.165, 1.54) is 0 Å². The molecule has 1 atom stereocenters. The Morgan fingerprint density at radius 1 is 1.23 bits per heavy atom. The molecule has 1 rings (SSSR count). The van der Waals surface area contributed by atoms with Crippen LogP contribution in [-0.2, 0) is 0 Å². The predicted molar refractivity (Wildman–Crippen MR) is 57.1 cm³/mol. The summed E-state index contributed by atoms with van der Waals surface area (Å²) in [5, 5.41) is 10.1. The molecule has 2 heteroatoms. The maximum atomic E-state index is 10.1. The molecule has 0 saturated carbocycles. The van der Waals surface area contributed by atoms with Crippen LogP contribution in [0.4, 0.5) is 0 Å². The van der Waals surface area contributed by atoms with Crippen molar-refractivity contribution in [1.29, 1.82) is 0 Å². The predicted octanol–water partition coefficient (Wildman–Crippen LogP) is 2.67. The number of benzene rings is 1. The Kier molecular flexibility index (Phi) is 3.54. The third kappa shape index (κ3) is 2.57. The van der Waals surface area contributed by atoms with Crippen molar-refractivity contribution in [3.05, 3.63) is 35.9 Å². The number of hydrogen-bond acceptors (Lipinski definition) is 1. The monoisotopic (exact) mass is 244 g/mol. The topological polar surface area (TPSA) is 20.2 Å². The van der Waals surface area contributed by atoms with E-state index in [-0.39, 0.29) is 10.4 Å². The van der Waals surface area contributed by atoms with Gasteiger partial charge in [-0.25, -0.2) is 0 Å². The first-order chi connectivity index (χ1) is 6.08. The first kappa shape index (κ1) is 10.8. The van der Waals surface area contributed by atoms with Gasteiger partial charge in [0.05, 0.1) is 0 Å². The summed E-state index contributed by atoms with van der Waals surface area (Å²) in [5.41, 5.74) is 1.02. The summed E-state index contributed by atoms with van der Waals surface area (Å²) in [6, 6.07) is 9.88. The molecule has 0 aliphatic carbocycles. The summed E-state index contributed by atoms with van der Waals surface area (Å²) in [6.45, 7) is 4.23. The molecule has 13 heavy (non-hydrogen) atoms. The van der Waals surface area contributed by atoms with Gasteiger partial charge in [0.15, 0.2) is 0 Å². The van der Waals surface area contributed by atoms with Crippen LogP contribution in [0.5, 0.6) is 0 Å². The number of aliphatic hydroxyl groups is 1. The van der Waals surface area contributed by atoms with Gasteiger partial charge in [-0.3, -0.25) is 0 Å². The van der Waals surface area contributed by atoms with Crippen LogP contribution in [0.15, 0.2) is 30.3 Å². The average Bonchev–Trinajstić information content (AvgIpc) is 2.18. The van der Waals surface area contributed by atoms with Gasteiger partial charge in [0.2, 0.25) is 0 Å². The second kappa shape index (κ2) is 4.28. The molecular weight excluding hydrogens is 227 g/mol. The molecule has 0 aliphatic rings. The second-order valence-corrected chi connectivity index (χ2v) is 6.68. The van der Waals surface area contributed by atoms with Gasteiger partial charge >= 0.3 is 86.0 Å². The zero-order valence-corrected chi connectivity index (χ0v) is 10.0. The molecule has 1 aromatic carbocycles. The van der Waals surface area contributed by atoms with Crippen LogP contribution >= 0.6 is 0 Å². The van der Waals surface area contributed by atoms with Crippen molar-refractivity contribution >= 4 is 15.0 Å². The van der Waals surface area contributed by atoms with Crippen molar-refractivity contribution < 1.29 is 5.11 Å². The Morgan fingerprint density at radius 2 is 1.77 bits per heavy atom. The zero-order chi connectivity index (χ0) is 9.90. The fourth-order valence-corrected chi connectivity index (χ4v) is 1.90. The quantitative estimate of drug-likeness (QED) is 0.809. The molecule has 0 aliphatic heterocycles. The molecule has 1 nitrogen and oxygen atoms in total. The molecule has 0 saturated heterocycles. The Labute approximate surface area is 86.3 Å². The molecular formula is C11H16OSe. The van der Waals surface area contributed by atoms with Gasteiger partial charge in [-0.2, -0.15) is 0 Å². The molecule has 72 valence electrons. The number of aliphatic hydroxyl groups excluding tert-OH is 1. The zero-order valence-electron chi connectivity index (χ0n) is 8.32. The van der Waals surface area contributed by atoms with Crippen molar-refractivity contribution in [1.82, 2.24) is 0 Å². The second-order valence-electron chi connectivity index (χ2n) is 3.62. The number of rotatable bonds is 3. The van der Waals surface area contributed by atoms with E-state index >= 15 is 0 Å². The van der Waals surface area contributed by atoms with Gasteiger partial charge in [-0.1, -0.05) is 0 Å². The Balaban J connectivity index is 2.85. The summed E-state index contributed by atoms with van der Waals surface area (Å²) in [4.78, 5) is 0. The van der Waals surface area contributed by atoms with Gasteiger partial charge in [0.1, 0.15) is 0 Å². The van der Waals surface area contributed by atoms with Crippen molar-refractivity contribution in [3.8, 4) is 0 Å². The molecule has 0 spiro atoms. The van der Waals surface area contributed by atoms with E-state index in [1.54, 1.807) is 0 Å². The summed E-state index contributed by atoms with van der Waals surface area (Å²) in [7, 11) is 0. The van der Waals surface area contributed by atoms with Crippen LogP contribution < -0.4 is 0 Å². The van der Waals surface area contributed by atoms with Gasteiger partial charge in [0, 0.05) is 0 Å². The molecule has 0 fully saturated rings. The maximum absolute atomic E-state index is 10.1. The third-order valence-electron chi connectivity index (χ3n) is 2.30. The van der Waals surface area contributed by atoms with E-state index in [1.807, 2.05) is 30.3 Å². The van der Waals surface area contributed by atoms with E-state index in [4.69, 9.17) is 0 Å². The fourth-order valence-electron chi connectivity index (χ4n) is 1.15. The molecule has 0 aromatic heterocycles. The summed E-state index contributed by atoms with van der Waals surface area (Å²) in [5.74, 6) is 2.17. The van der Waals surface area contributed by atoms with Crippen LogP contribution in [0.3, 0.4) is 0 Å². The van der Waals surface area contributed by atoms with Crippen molar-refractivity contribution in [2.75, 3.05) is 0 Å². The van der Waals surface area contributed by atoms with Crippen LogP contribution in [0, 0.1) is 0 Å².